The minimum atomic E-state index is 1.12. The van der Waals surface area contributed by atoms with Gasteiger partial charge >= 0.3 is 0 Å². The molecule has 3 heteroatoms. The third kappa shape index (κ3) is 1.92. The van der Waals surface area contributed by atoms with Crippen molar-refractivity contribution >= 4 is 28.7 Å². The maximum absolute atomic E-state index is 8.39. The van der Waals surface area contributed by atoms with Crippen molar-refractivity contribution in [2.75, 3.05) is 0 Å². The lowest BCUT2D eigenvalue weighted by Gasteiger charge is -1.86. The van der Waals surface area contributed by atoms with E-state index in [0.717, 1.165) is 4.88 Å². The lowest BCUT2D eigenvalue weighted by Crippen LogP contribution is -1.56. The van der Waals surface area contributed by atoms with Gasteiger partial charge < -0.3 is 0 Å². The van der Waals surface area contributed by atoms with Gasteiger partial charge in [0.2, 0.25) is 0 Å². The van der Waals surface area contributed by atoms with Crippen LogP contribution in [0.15, 0.2) is 35.7 Å². The van der Waals surface area contributed by atoms with Gasteiger partial charge in [-0.05, 0) is 29.7 Å². The van der Waals surface area contributed by atoms with E-state index >= 15 is 0 Å². The summed E-state index contributed by atoms with van der Waals surface area (Å²) in [5, 5.41) is 10.5. The highest BCUT2D eigenvalue weighted by molar-refractivity contribution is 7.21. The van der Waals surface area contributed by atoms with Crippen molar-refractivity contribution in [1.29, 1.82) is 5.26 Å². The van der Waals surface area contributed by atoms with Crippen LogP contribution in [0.4, 0.5) is 0 Å². The van der Waals surface area contributed by atoms with Crippen molar-refractivity contribution in [3.63, 3.8) is 0 Å². The average molecular weight is 217 g/mol. The van der Waals surface area contributed by atoms with E-state index in [-0.39, 0.29) is 0 Å². The molecule has 0 amide bonds. The zero-order valence-corrected chi connectivity index (χ0v) is 8.94. The van der Waals surface area contributed by atoms with Gasteiger partial charge in [-0.25, -0.2) is 0 Å². The molecule has 0 saturated heterocycles. The van der Waals surface area contributed by atoms with Crippen LogP contribution in [0.5, 0.6) is 0 Å². The smallest absolute Gasteiger partial charge is 0.0912 e. The second kappa shape index (κ2) is 4.23. The third-order valence-corrected chi connectivity index (χ3v) is 3.83. The van der Waals surface area contributed by atoms with E-state index in [4.69, 9.17) is 5.26 Å². The van der Waals surface area contributed by atoms with Crippen LogP contribution in [0.2, 0.25) is 0 Å². The summed E-state index contributed by atoms with van der Waals surface area (Å²) in [6.07, 6.45) is 3.34. The number of allylic oxidation sites excluding steroid dienone is 1. The Labute approximate surface area is 90.6 Å². The first-order valence-electron chi connectivity index (χ1n) is 4.10. The Hall–Kier alpha value is -1.37. The molecule has 2 rings (SSSR count). The van der Waals surface area contributed by atoms with Crippen molar-refractivity contribution < 1.29 is 0 Å². The standard InChI is InChI=1S/C11H7NS2/c12-7-1-3-9-5-6-11(14-9)10-4-2-8-13-10/h1-6,8H. The van der Waals surface area contributed by atoms with E-state index in [2.05, 4.69) is 17.5 Å². The second-order valence-corrected chi connectivity index (χ2v) is 4.70. The quantitative estimate of drug-likeness (QED) is 0.697. The van der Waals surface area contributed by atoms with E-state index < -0.39 is 0 Å². The predicted molar refractivity (Wildman–Crippen MR) is 62.3 cm³/mol. The molecule has 0 atom stereocenters. The molecule has 0 unspecified atom stereocenters. The molecule has 0 saturated carbocycles. The van der Waals surface area contributed by atoms with Gasteiger partial charge in [0.15, 0.2) is 0 Å². The summed E-state index contributed by atoms with van der Waals surface area (Å²) in [4.78, 5) is 3.67. The van der Waals surface area contributed by atoms with Crippen molar-refractivity contribution in [2.24, 2.45) is 0 Å². The Morgan fingerprint density at radius 2 is 2.14 bits per heavy atom. The summed E-state index contributed by atoms with van der Waals surface area (Å²) in [6.45, 7) is 0. The average Bonchev–Trinajstić information content (AvgIpc) is 2.85. The minimum Gasteiger partial charge on any atom is -0.193 e. The largest absolute Gasteiger partial charge is 0.193 e. The van der Waals surface area contributed by atoms with Crippen LogP contribution in [0, 0.1) is 11.3 Å². The number of hydrogen-bond donors (Lipinski definition) is 0. The molecule has 1 nitrogen and oxygen atoms in total. The molecule has 0 aromatic carbocycles. The van der Waals surface area contributed by atoms with E-state index in [9.17, 15) is 0 Å². The summed E-state index contributed by atoms with van der Waals surface area (Å²) in [7, 11) is 0. The first-order chi connectivity index (χ1) is 6.90. The van der Waals surface area contributed by atoms with Gasteiger partial charge in [0.25, 0.3) is 0 Å². The van der Waals surface area contributed by atoms with Crippen LogP contribution in [-0.2, 0) is 0 Å². The lowest BCUT2D eigenvalue weighted by molar-refractivity contribution is 1.54. The number of nitriles is 1. The summed E-state index contributed by atoms with van der Waals surface area (Å²) in [5.41, 5.74) is 0. The normalized spacial score (nSPS) is 10.5. The second-order valence-electron chi connectivity index (χ2n) is 2.64. The molecule has 14 heavy (non-hydrogen) atoms. The van der Waals surface area contributed by atoms with Crippen LogP contribution < -0.4 is 0 Å². The molecule has 0 aliphatic heterocycles. The molecule has 68 valence electrons. The molecular weight excluding hydrogens is 210 g/mol. The van der Waals surface area contributed by atoms with Crippen LogP contribution in [-0.4, -0.2) is 0 Å². The van der Waals surface area contributed by atoms with Gasteiger partial charge in [0, 0.05) is 20.7 Å². The zero-order chi connectivity index (χ0) is 9.80. The van der Waals surface area contributed by atoms with E-state index in [1.807, 2.05) is 24.3 Å². The Morgan fingerprint density at radius 3 is 2.86 bits per heavy atom. The third-order valence-electron chi connectivity index (χ3n) is 1.71. The molecule has 0 N–H and O–H groups in total. The molecule has 0 aliphatic carbocycles. The van der Waals surface area contributed by atoms with E-state index in [0.29, 0.717) is 0 Å². The highest BCUT2D eigenvalue weighted by atomic mass is 32.1. The molecule has 2 heterocycles. The Bertz CT molecular complexity index is 472. The Balaban J connectivity index is 2.27. The van der Waals surface area contributed by atoms with Crippen LogP contribution >= 0.6 is 22.7 Å². The molecule has 0 spiro atoms. The molecule has 0 aliphatic rings. The topological polar surface area (TPSA) is 23.8 Å². The fraction of sp³-hybridized carbons (Fsp3) is 0. The molecule has 2 aromatic heterocycles. The van der Waals surface area contributed by atoms with Crippen LogP contribution in [0.25, 0.3) is 15.8 Å². The first-order valence-corrected chi connectivity index (χ1v) is 5.79. The Morgan fingerprint density at radius 1 is 1.21 bits per heavy atom. The first kappa shape index (κ1) is 9.20. The summed E-state index contributed by atoms with van der Waals surface area (Å²) in [5.74, 6) is 0. The maximum Gasteiger partial charge on any atom is 0.0912 e. The summed E-state index contributed by atoms with van der Waals surface area (Å²) >= 11 is 3.44. The van der Waals surface area contributed by atoms with Crippen LogP contribution in [0.3, 0.4) is 0 Å². The number of thiophene rings is 2. The predicted octanol–water partition coefficient (Wildman–Crippen LogP) is 4.01. The SMILES string of the molecule is N#CC=Cc1ccc(-c2cccs2)s1. The van der Waals surface area contributed by atoms with E-state index in [1.54, 1.807) is 22.7 Å². The zero-order valence-electron chi connectivity index (χ0n) is 7.31. The minimum absolute atomic E-state index is 1.12. The molecule has 0 fully saturated rings. The van der Waals surface area contributed by atoms with Crippen molar-refractivity contribution in [3.8, 4) is 15.8 Å². The fourth-order valence-electron chi connectivity index (χ4n) is 1.11. The van der Waals surface area contributed by atoms with Crippen LogP contribution in [0.1, 0.15) is 4.88 Å². The van der Waals surface area contributed by atoms with Crippen molar-refractivity contribution in [2.45, 2.75) is 0 Å². The Kier molecular flexibility index (Phi) is 2.78. The molecule has 0 bridgehead atoms. The maximum atomic E-state index is 8.39. The highest BCUT2D eigenvalue weighted by Crippen LogP contribution is 2.31. The summed E-state index contributed by atoms with van der Waals surface area (Å²) < 4.78 is 0. The lowest BCUT2D eigenvalue weighted by atomic mass is 10.3. The van der Waals surface area contributed by atoms with E-state index in [1.165, 1.54) is 15.8 Å². The molecular formula is C11H7NS2. The van der Waals surface area contributed by atoms with Gasteiger partial charge in [-0.1, -0.05) is 6.07 Å². The molecule has 0 radical (unpaired) electrons. The van der Waals surface area contributed by atoms with Gasteiger partial charge in [0.05, 0.1) is 6.07 Å². The monoisotopic (exact) mass is 217 g/mol. The van der Waals surface area contributed by atoms with Crippen molar-refractivity contribution in [3.05, 3.63) is 40.6 Å². The van der Waals surface area contributed by atoms with Crippen molar-refractivity contribution in [1.82, 2.24) is 0 Å². The van der Waals surface area contributed by atoms with Gasteiger partial charge in [0.1, 0.15) is 0 Å². The fourth-order valence-corrected chi connectivity index (χ4v) is 2.86. The van der Waals surface area contributed by atoms with Gasteiger partial charge in [-0.15, -0.1) is 22.7 Å². The van der Waals surface area contributed by atoms with Gasteiger partial charge in [-0.2, -0.15) is 5.26 Å². The number of rotatable bonds is 2. The van der Waals surface area contributed by atoms with Gasteiger partial charge in [-0.3, -0.25) is 0 Å². The number of hydrogen-bond acceptors (Lipinski definition) is 3. The summed E-state index contributed by atoms with van der Waals surface area (Å²) in [6, 6.07) is 10.3. The highest BCUT2D eigenvalue weighted by Gasteiger charge is 2.00. The molecule has 2 aromatic rings. The number of nitrogens with zero attached hydrogens (tertiary/aromatic N) is 1.